The maximum atomic E-state index is 13.5. The van der Waals surface area contributed by atoms with Gasteiger partial charge in [0.1, 0.15) is 16.7 Å². The Morgan fingerprint density at radius 3 is 2.39 bits per heavy atom. The molecule has 3 aromatic carbocycles. The Bertz CT molecular complexity index is 1270. The van der Waals surface area contributed by atoms with E-state index in [-0.39, 0.29) is 11.5 Å². The number of carbonyl (C=O) groups is 2. The summed E-state index contributed by atoms with van der Waals surface area (Å²) >= 11 is 10.9. The van der Waals surface area contributed by atoms with Crippen LogP contribution in [-0.2, 0) is 16.0 Å². The third-order valence-electron chi connectivity index (χ3n) is 4.99. The van der Waals surface area contributed by atoms with E-state index in [4.69, 9.17) is 11.6 Å². The van der Waals surface area contributed by atoms with Gasteiger partial charge in [0.15, 0.2) is 0 Å². The minimum atomic E-state index is -0.575. The minimum Gasteiger partial charge on any atom is -0.321 e. The van der Waals surface area contributed by atoms with Crippen LogP contribution < -0.4 is 10.2 Å². The molecule has 0 aromatic heterocycles. The molecule has 1 N–H and O–H groups in total. The smallest absolute Gasteiger partial charge is 0.269 e. The maximum Gasteiger partial charge on any atom is 0.269 e. The number of hydrogen-bond acceptors (Lipinski definition) is 4. The van der Waals surface area contributed by atoms with Crippen LogP contribution >= 0.6 is 39.3 Å². The molecule has 1 saturated heterocycles. The molecule has 1 fully saturated rings. The SMILES string of the molecule is N#C/C(C(=O)Nc1ccc(Br)cc1)=C1/SC(Cc2ccccc2Cl)C(=O)N1c1ccccc1. The van der Waals surface area contributed by atoms with Crippen molar-refractivity contribution in [3.05, 3.63) is 105 Å². The van der Waals surface area contributed by atoms with E-state index in [0.29, 0.717) is 27.8 Å². The Kier molecular flexibility index (Phi) is 7.19. The maximum absolute atomic E-state index is 13.5. The van der Waals surface area contributed by atoms with Gasteiger partial charge >= 0.3 is 0 Å². The molecule has 33 heavy (non-hydrogen) atoms. The zero-order valence-electron chi connectivity index (χ0n) is 17.2. The fourth-order valence-electron chi connectivity index (χ4n) is 3.39. The molecule has 1 aliphatic heterocycles. The molecule has 0 spiro atoms. The van der Waals surface area contributed by atoms with E-state index < -0.39 is 11.2 Å². The topological polar surface area (TPSA) is 73.2 Å². The third kappa shape index (κ3) is 5.14. The fourth-order valence-corrected chi connectivity index (χ4v) is 5.16. The number of nitrogens with one attached hydrogen (secondary N) is 1. The molecule has 3 aromatic rings. The number of nitriles is 1. The van der Waals surface area contributed by atoms with Gasteiger partial charge in [-0.1, -0.05) is 75.7 Å². The van der Waals surface area contributed by atoms with Crippen LogP contribution in [-0.4, -0.2) is 17.1 Å². The molecule has 2 amide bonds. The first-order chi connectivity index (χ1) is 16.0. The predicted molar refractivity (Wildman–Crippen MR) is 136 cm³/mol. The van der Waals surface area contributed by atoms with Crippen molar-refractivity contribution in [2.45, 2.75) is 11.7 Å². The van der Waals surface area contributed by atoms with Crippen LogP contribution in [0.1, 0.15) is 5.56 Å². The first-order valence-electron chi connectivity index (χ1n) is 9.98. The first-order valence-corrected chi connectivity index (χ1v) is 12.0. The number of halogens is 2. The molecular formula is C25H17BrClN3O2S. The second-order valence-electron chi connectivity index (χ2n) is 7.16. The number of benzene rings is 3. The van der Waals surface area contributed by atoms with Gasteiger partial charge in [0.25, 0.3) is 5.91 Å². The quantitative estimate of drug-likeness (QED) is 0.312. The summed E-state index contributed by atoms with van der Waals surface area (Å²) in [5.41, 5.74) is 1.85. The van der Waals surface area contributed by atoms with Crippen LogP contribution in [0.15, 0.2) is 93.9 Å². The van der Waals surface area contributed by atoms with E-state index in [1.54, 1.807) is 54.6 Å². The minimum absolute atomic E-state index is 0.123. The van der Waals surface area contributed by atoms with E-state index in [1.165, 1.54) is 16.7 Å². The Labute approximate surface area is 209 Å². The average molecular weight is 539 g/mol. The summed E-state index contributed by atoms with van der Waals surface area (Å²) in [7, 11) is 0. The van der Waals surface area contributed by atoms with Crippen molar-refractivity contribution in [3.63, 3.8) is 0 Å². The number of rotatable bonds is 5. The molecule has 8 heteroatoms. The van der Waals surface area contributed by atoms with Gasteiger partial charge in [-0.25, -0.2) is 0 Å². The number of nitrogens with zero attached hydrogens (tertiary/aromatic N) is 2. The van der Waals surface area contributed by atoms with Crippen molar-refractivity contribution in [3.8, 4) is 6.07 Å². The lowest BCUT2D eigenvalue weighted by Gasteiger charge is -2.18. The zero-order chi connectivity index (χ0) is 23.4. The van der Waals surface area contributed by atoms with Gasteiger partial charge in [-0.15, -0.1) is 0 Å². The molecule has 4 rings (SSSR count). The van der Waals surface area contributed by atoms with Gasteiger partial charge in [-0.05, 0) is 54.4 Å². The summed E-state index contributed by atoms with van der Waals surface area (Å²) in [4.78, 5) is 27.9. The largest absolute Gasteiger partial charge is 0.321 e. The molecule has 1 aliphatic rings. The monoisotopic (exact) mass is 537 g/mol. The van der Waals surface area contributed by atoms with Crippen molar-refractivity contribution in [1.82, 2.24) is 0 Å². The molecule has 0 radical (unpaired) electrons. The van der Waals surface area contributed by atoms with Gasteiger partial charge in [0.2, 0.25) is 5.91 Å². The second kappa shape index (κ2) is 10.3. The first kappa shape index (κ1) is 23.1. The van der Waals surface area contributed by atoms with E-state index in [0.717, 1.165) is 10.0 Å². The van der Waals surface area contributed by atoms with Gasteiger partial charge < -0.3 is 5.32 Å². The van der Waals surface area contributed by atoms with Crippen LogP contribution in [0.4, 0.5) is 11.4 Å². The molecule has 5 nitrogen and oxygen atoms in total. The highest BCUT2D eigenvalue weighted by Crippen LogP contribution is 2.42. The highest BCUT2D eigenvalue weighted by molar-refractivity contribution is 9.10. The zero-order valence-corrected chi connectivity index (χ0v) is 20.3. The highest BCUT2D eigenvalue weighted by atomic mass is 79.9. The fraction of sp³-hybridized carbons (Fsp3) is 0.0800. The van der Waals surface area contributed by atoms with Gasteiger partial charge in [-0.2, -0.15) is 5.26 Å². The normalized spacial score (nSPS) is 16.9. The van der Waals surface area contributed by atoms with Crippen LogP contribution in [0.3, 0.4) is 0 Å². The van der Waals surface area contributed by atoms with E-state index in [2.05, 4.69) is 21.2 Å². The van der Waals surface area contributed by atoms with E-state index >= 15 is 0 Å². The van der Waals surface area contributed by atoms with E-state index in [1.807, 2.05) is 30.3 Å². The summed E-state index contributed by atoms with van der Waals surface area (Å²) in [6.45, 7) is 0. The molecule has 1 unspecified atom stereocenters. The van der Waals surface area contributed by atoms with Crippen molar-refractivity contribution < 1.29 is 9.59 Å². The molecule has 0 aliphatic carbocycles. The Hall–Kier alpha value is -3.05. The molecular weight excluding hydrogens is 522 g/mol. The second-order valence-corrected chi connectivity index (χ2v) is 9.68. The highest BCUT2D eigenvalue weighted by Gasteiger charge is 2.41. The molecule has 0 saturated carbocycles. The number of carbonyl (C=O) groups excluding carboxylic acids is 2. The average Bonchev–Trinajstić information content (AvgIpc) is 3.13. The number of para-hydroxylation sites is 1. The Morgan fingerprint density at radius 2 is 1.73 bits per heavy atom. The third-order valence-corrected chi connectivity index (χ3v) is 7.15. The molecule has 1 heterocycles. The van der Waals surface area contributed by atoms with Crippen molar-refractivity contribution in [2.24, 2.45) is 0 Å². The van der Waals surface area contributed by atoms with Crippen LogP contribution in [0.5, 0.6) is 0 Å². The lowest BCUT2D eigenvalue weighted by Crippen LogP contribution is -2.30. The molecule has 0 bridgehead atoms. The number of anilines is 2. The summed E-state index contributed by atoms with van der Waals surface area (Å²) in [5.74, 6) is -0.778. The van der Waals surface area contributed by atoms with Gasteiger partial charge in [0.05, 0.1) is 5.25 Å². The molecule has 164 valence electrons. The van der Waals surface area contributed by atoms with Crippen LogP contribution in [0.2, 0.25) is 5.02 Å². The van der Waals surface area contributed by atoms with Crippen LogP contribution in [0, 0.1) is 11.3 Å². The molecule has 1 atom stereocenters. The Balaban J connectivity index is 1.72. The predicted octanol–water partition coefficient (Wildman–Crippen LogP) is 6.17. The summed E-state index contributed by atoms with van der Waals surface area (Å²) in [5, 5.41) is 13.0. The summed E-state index contributed by atoms with van der Waals surface area (Å²) in [6.07, 6.45) is 0.378. The van der Waals surface area contributed by atoms with Crippen molar-refractivity contribution in [1.29, 1.82) is 5.26 Å². The van der Waals surface area contributed by atoms with Crippen molar-refractivity contribution in [2.75, 3.05) is 10.2 Å². The Morgan fingerprint density at radius 1 is 1.06 bits per heavy atom. The van der Waals surface area contributed by atoms with E-state index in [9.17, 15) is 14.9 Å². The lowest BCUT2D eigenvalue weighted by molar-refractivity contribution is -0.117. The standard InChI is InChI=1S/C25H17BrClN3O2S/c26-17-10-12-18(13-11-17)29-23(31)20(15-28)25-30(19-7-2-1-3-8-19)24(32)22(33-25)14-16-6-4-5-9-21(16)27/h1-13,22H,14H2,(H,29,31)/b25-20-. The number of thioether (sulfide) groups is 1. The van der Waals surface area contributed by atoms with Crippen molar-refractivity contribution >= 4 is 62.5 Å². The summed E-state index contributed by atoms with van der Waals surface area (Å²) < 4.78 is 0.869. The lowest BCUT2D eigenvalue weighted by atomic mass is 10.1. The van der Waals surface area contributed by atoms with Gasteiger partial charge in [-0.3, -0.25) is 14.5 Å². The number of hydrogen-bond donors (Lipinski definition) is 1. The number of amides is 2. The summed E-state index contributed by atoms with van der Waals surface area (Å²) in [6, 6.07) is 25.4. The van der Waals surface area contributed by atoms with Gasteiger partial charge in [0, 0.05) is 20.9 Å². The van der Waals surface area contributed by atoms with Crippen LogP contribution in [0.25, 0.3) is 0 Å².